The summed E-state index contributed by atoms with van der Waals surface area (Å²) in [6.07, 6.45) is -2.91. The van der Waals surface area contributed by atoms with Gasteiger partial charge in [-0.25, -0.2) is 8.78 Å². The standard InChI is InChI=1S/C8H11F4NO2/c9-7(10)8(11,12)3-13-5-2-1-4(5)6(14)15/h4-5,7,13H,1-3H2,(H,14,15). The van der Waals surface area contributed by atoms with E-state index in [0.29, 0.717) is 12.8 Å². The first-order valence-electron chi connectivity index (χ1n) is 4.47. The molecule has 0 spiro atoms. The van der Waals surface area contributed by atoms with Crippen LogP contribution in [0.2, 0.25) is 0 Å². The summed E-state index contributed by atoms with van der Waals surface area (Å²) in [4.78, 5) is 10.5. The largest absolute Gasteiger partial charge is 0.481 e. The number of alkyl halides is 4. The molecule has 0 heterocycles. The van der Waals surface area contributed by atoms with Crippen molar-refractivity contribution >= 4 is 5.97 Å². The number of hydrogen-bond acceptors (Lipinski definition) is 2. The second kappa shape index (κ2) is 4.34. The zero-order valence-corrected chi connectivity index (χ0v) is 7.72. The third-order valence-electron chi connectivity index (χ3n) is 2.51. The minimum Gasteiger partial charge on any atom is -0.481 e. The number of carboxylic acid groups (broad SMARTS) is 1. The molecule has 3 nitrogen and oxygen atoms in total. The highest BCUT2D eigenvalue weighted by Crippen LogP contribution is 2.29. The lowest BCUT2D eigenvalue weighted by molar-refractivity contribution is -0.148. The van der Waals surface area contributed by atoms with Gasteiger partial charge >= 0.3 is 18.3 Å². The van der Waals surface area contributed by atoms with E-state index in [-0.39, 0.29) is 0 Å². The Hall–Kier alpha value is -0.850. The van der Waals surface area contributed by atoms with Gasteiger partial charge in [0.25, 0.3) is 0 Å². The molecule has 1 rings (SSSR count). The van der Waals surface area contributed by atoms with E-state index >= 15 is 0 Å². The lowest BCUT2D eigenvalue weighted by Crippen LogP contribution is -2.52. The van der Waals surface area contributed by atoms with Crippen molar-refractivity contribution in [1.29, 1.82) is 0 Å². The predicted molar refractivity (Wildman–Crippen MR) is 43.1 cm³/mol. The quantitative estimate of drug-likeness (QED) is 0.699. The molecule has 88 valence electrons. The zero-order chi connectivity index (χ0) is 11.6. The van der Waals surface area contributed by atoms with E-state index in [1.165, 1.54) is 0 Å². The number of halogens is 4. The molecule has 0 radical (unpaired) electrons. The molecule has 0 amide bonds. The summed E-state index contributed by atoms with van der Waals surface area (Å²) >= 11 is 0. The van der Waals surface area contributed by atoms with E-state index in [1.807, 2.05) is 0 Å². The Labute approximate surface area is 83.5 Å². The van der Waals surface area contributed by atoms with Crippen LogP contribution in [0.15, 0.2) is 0 Å². The summed E-state index contributed by atoms with van der Waals surface area (Å²) in [5, 5.41) is 10.7. The van der Waals surface area contributed by atoms with Crippen molar-refractivity contribution in [3.8, 4) is 0 Å². The molecule has 1 aliphatic rings. The highest BCUT2D eigenvalue weighted by atomic mass is 19.3. The third-order valence-corrected chi connectivity index (χ3v) is 2.51. The van der Waals surface area contributed by atoms with Crippen molar-refractivity contribution < 1.29 is 27.5 Å². The molecule has 1 fully saturated rings. The van der Waals surface area contributed by atoms with Gasteiger partial charge < -0.3 is 10.4 Å². The van der Waals surface area contributed by atoms with Gasteiger partial charge in [-0.05, 0) is 12.8 Å². The Morgan fingerprint density at radius 3 is 2.40 bits per heavy atom. The highest BCUT2D eigenvalue weighted by Gasteiger charge is 2.43. The molecule has 1 aliphatic carbocycles. The maximum atomic E-state index is 12.4. The van der Waals surface area contributed by atoms with E-state index in [9.17, 15) is 22.4 Å². The molecule has 0 aromatic carbocycles. The van der Waals surface area contributed by atoms with Crippen molar-refractivity contribution in [2.75, 3.05) is 6.54 Å². The molecule has 7 heteroatoms. The SMILES string of the molecule is O=C(O)C1CCC1NCC(F)(F)C(F)F. The van der Waals surface area contributed by atoms with Gasteiger partial charge in [-0.3, -0.25) is 4.79 Å². The van der Waals surface area contributed by atoms with Crippen molar-refractivity contribution in [1.82, 2.24) is 5.32 Å². The van der Waals surface area contributed by atoms with Gasteiger partial charge in [-0.15, -0.1) is 0 Å². The molecular weight excluding hydrogens is 218 g/mol. The molecule has 0 bridgehead atoms. The van der Waals surface area contributed by atoms with E-state index in [4.69, 9.17) is 5.11 Å². The van der Waals surface area contributed by atoms with Crippen LogP contribution < -0.4 is 5.32 Å². The summed E-state index contributed by atoms with van der Waals surface area (Å²) < 4.78 is 48.3. The minimum atomic E-state index is -4.10. The molecule has 2 atom stereocenters. The first kappa shape index (κ1) is 12.2. The van der Waals surface area contributed by atoms with Crippen LogP contribution in [0.1, 0.15) is 12.8 Å². The van der Waals surface area contributed by atoms with Crippen LogP contribution in [-0.2, 0) is 4.79 Å². The second-order valence-corrected chi connectivity index (χ2v) is 3.57. The molecule has 1 saturated carbocycles. The monoisotopic (exact) mass is 229 g/mol. The predicted octanol–water partition coefficient (Wildman–Crippen LogP) is 1.34. The number of rotatable bonds is 5. The molecule has 15 heavy (non-hydrogen) atoms. The van der Waals surface area contributed by atoms with Gasteiger partial charge in [0, 0.05) is 6.04 Å². The van der Waals surface area contributed by atoms with Crippen molar-refractivity contribution in [2.24, 2.45) is 5.92 Å². The molecule has 0 aromatic rings. The van der Waals surface area contributed by atoms with E-state index < -0.39 is 36.8 Å². The van der Waals surface area contributed by atoms with Crippen molar-refractivity contribution in [3.05, 3.63) is 0 Å². The second-order valence-electron chi connectivity index (χ2n) is 3.57. The summed E-state index contributed by atoms with van der Waals surface area (Å²) in [5.41, 5.74) is 0. The first-order valence-corrected chi connectivity index (χ1v) is 4.47. The van der Waals surface area contributed by atoms with E-state index in [1.54, 1.807) is 0 Å². The molecule has 2 unspecified atom stereocenters. The normalized spacial score (nSPS) is 26.5. The maximum absolute atomic E-state index is 12.4. The van der Waals surface area contributed by atoms with Gasteiger partial charge in [0.1, 0.15) is 0 Å². The summed E-state index contributed by atoms with van der Waals surface area (Å²) in [7, 11) is 0. The summed E-state index contributed by atoms with van der Waals surface area (Å²) in [6, 6.07) is -0.618. The average molecular weight is 229 g/mol. The Morgan fingerprint density at radius 2 is 2.07 bits per heavy atom. The van der Waals surface area contributed by atoms with Crippen molar-refractivity contribution in [2.45, 2.75) is 31.2 Å². The summed E-state index contributed by atoms with van der Waals surface area (Å²) in [5.74, 6) is -5.92. The van der Waals surface area contributed by atoms with E-state index in [2.05, 4.69) is 5.32 Å². The Bertz CT molecular complexity index is 247. The Morgan fingerprint density at radius 1 is 1.47 bits per heavy atom. The molecule has 0 aliphatic heterocycles. The Balaban J connectivity index is 2.35. The zero-order valence-electron chi connectivity index (χ0n) is 7.72. The number of carboxylic acids is 1. The summed E-state index contributed by atoms with van der Waals surface area (Å²) in [6.45, 7) is -1.18. The van der Waals surface area contributed by atoms with E-state index in [0.717, 1.165) is 0 Å². The average Bonchev–Trinajstić information content (AvgIpc) is 2.00. The van der Waals surface area contributed by atoms with Crippen LogP contribution >= 0.6 is 0 Å². The van der Waals surface area contributed by atoms with Gasteiger partial charge in [-0.2, -0.15) is 8.78 Å². The fraction of sp³-hybridized carbons (Fsp3) is 0.875. The minimum absolute atomic E-state index is 0.396. The molecule has 2 N–H and O–H groups in total. The van der Waals surface area contributed by atoms with Crippen molar-refractivity contribution in [3.63, 3.8) is 0 Å². The van der Waals surface area contributed by atoms with Crippen LogP contribution in [0.3, 0.4) is 0 Å². The highest BCUT2D eigenvalue weighted by molar-refractivity contribution is 5.72. The maximum Gasteiger partial charge on any atom is 0.319 e. The topological polar surface area (TPSA) is 49.3 Å². The van der Waals surface area contributed by atoms with Crippen LogP contribution in [0.5, 0.6) is 0 Å². The van der Waals surface area contributed by atoms with Gasteiger partial charge in [0.15, 0.2) is 0 Å². The lowest BCUT2D eigenvalue weighted by Gasteiger charge is -2.35. The lowest BCUT2D eigenvalue weighted by atomic mass is 9.79. The van der Waals surface area contributed by atoms with Crippen LogP contribution in [0, 0.1) is 5.92 Å². The molecule has 0 aromatic heterocycles. The number of nitrogens with one attached hydrogen (secondary N) is 1. The number of hydrogen-bond donors (Lipinski definition) is 2. The fourth-order valence-corrected chi connectivity index (χ4v) is 1.38. The Kier molecular flexibility index (Phi) is 3.54. The smallest absolute Gasteiger partial charge is 0.319 e. The molecular formula is C8H11F4NO2. The van der Waals surface area contributed by atoms with Gasteiger partial charge in [0.2, 0.25) is 0 Å². The first-order chi connectivity index (χ1) is 6.84. The number of carbonyl (C=O) groups is 1. The van der Waals surface area contributed by atoms with Crippen LogP contribution in [0.25, 0.3) is 0 Å². The number of aliphatic carboxylic acids is 1. The van der Waals surface area contributed by atoms with Crippen LogP contribution in [0.4, 0.5) is 17.6 Å². The fourth-order valence-electron chi connectivity index (χ4n) is 1.38. The third kappa shape index (κ3) is 2.80. The van der Waals surface area contributed by atoms with Gasteiger partial charge in [0.05, 0.1) is 12.5 Å². The van der Waals surface area contributed by atoms with Crippen LogP contribution in [-0.4, -0.2) is 36.0 Å². The van der Waals surface area contributed by atoms with Gasteiger partial charge in [-0.1, -0.05) is 0 Å². The molecule has 0 saturated heterocycles.